The maximum absolute atomic E-state index is 11.5. The minimum absolute atomic E-state index is 0.0712. The van der Waals surface area contributed by atoms with Gasteiger partial charge >= 0.3 is 0 Å². The van der Waals surface area contributed by atoms with Crippen molar-refractivity contribution in [3.05, 3.63) is 28.4 Å². The van der Waals surface area contributed by atoms with Gasteiger partial charge in [0.05, 0.1) is 18.5 Å². The minimum Gasteiger partial charge on any atom is -0.395 e. The first-order chi connectivity index (χ1) is 8.26. The van der Waals surface area contributed by atoms with Crippen molar-refractivity contribution in [2.75, 3.05) is 13.7 Å². The lowest BCUT2D eigenvalue weighted by Crippen LogP contribution is -2.29. The van der Waals surface area contributed by atoms with E-state index < -0.39 is 0 Å². The van der Waals surface area contributed by atoms with Crippen LogP contribution in [0.5, 0.6) is 0 Å². The molecule has 0 aliphatic carbocycles. The van der Waals surface area contributed by atoms with Crippen LogP contribution in [0.1, 0.15) is 12.0 Å². The van der Waals surface area contributed by atoms with Gasteiger partial charge in [-0.15, -0.1) is 0 Å². The largest absolute Gasteiger partial charge is 0.395 e. The molecule has 4 N–H and O–H groups in total. The Morgan fingerprint density at radius 2 is 2.35 bits per heavy atom. The number of nitrogens with zero attached hydrogens (tertiary/aromatic N) is 1. The van der Waals surface area contributed by atoms with Crippen molar-refractivity contribution in [3.63, 3.8) is 0 Å². The third-order valence-electron chi connectivity index (χ3n) is 2.94. The molecule has 0 radical (unpaired) electrons. The number of hydrogen-bond donors (Lipinski definition) is 4. The van der Waals surface area contributed by atoms with Gasteiger partial charge in [0, 0.05) is 12.2 Å². The Morgan fingerprint density at radius 1 is 1.53 bits per heavy atom. The number of hydrogen-bond acceptors (Lipinski definition) is 4. The third kappa shape index (κ3) is 2.37. The molecule has 0 fully saturated rings. The second-order valence-corrected chi connectivity index (χ2v) is 3.98. The zero-order chi connectivity index (χ0) is 12.3. The van der Waals surface area contributed by atoms with Crippen molar-refractivity contribution in [1.29, 1.82) is 0 Å². The van der Waals surface area contributed by atoms with E-state index in [1.807, 2.05) is 7.05 Å². The zero-order valence-electron chi connectivity index (χ0n) is 9.66. The molecule has 0 unspecified atom stereocenters. The lowest BCUT2D eigenvalue weighted by Gasteiger charge is -2.11. The monoisotopic (exact) mass is 236 g/mol. The Labute approximate surface area is 98.1 Å². The van der Waals surface area contributed by atoms with Gasteiger partial charge < -0.3 is 20.4 Å². The van der Waals surface area contributed by atoms with Crippen LogP contribution in [0.15, 0.2) is 17.3 Å². The summed E-state index contributed by atoms with van der Waals surface area (Å²) in [5.41, 5.74) is 2.06. The van der Waals surface area contributed by atoms with E-state index in [0.717, 1.165) is 18.4 Å². The first kappa shape index (κ1) is 11.8. The number of H-pyrrole nitrogens is 2. The molecule has 0 saturated heterocycles. The number of rotatable bonds is 5. The molecule has 2 aromatic heterocycles. The van der Waals surface area contributed by atoms with Gasteiger partial charge in [-0.05, 0) is 25.5 Å². The predicted molar refractivity (Wildman–Crippen MR) is 65.0 cm³/mol. The van der Waals surface area contributed by atoms with Crippen molar-refractivity contribution >= 4 is 11.0 Å². The molecule has 0 aromatic carbocycles. The van der Waals surface area contributed by atoms with Crippen molar-refractivity contribution in [3.8, 4) is 0 Å². The van der Waals surface area contributed by atoms with E-state index in [-0.39, 0.29) is 18.2 Å². The molecule has 0 saturated carbocycles. The van der Waals surface area contributed by atoms with Crippen LogP contribution in [0.4, 0.5) is 0 Å². The summed E-state index contributed by atoms with van der Waals surface area (Å²) in [6.07, 6.45) is 4.78. The normalized spacial score (nSPS) is 13.1. The number of aryl methyl sites for hydroxylation is 1. The number of aliphatic hydroxyl groups is 1. The Balaban J connectivity index is 2.20. The molecule has 17 heavy (non-hydrogen) atoms. The van der Waals surface area contributed by atoms with Crippen LogP contribution >= 0.6 is 0 Å². The van der Waals surface area contributed by atoms with Crippen LogP contribution in [-0.4, -0.2) is 39.8 Å². The van der Waals surface area contributed by atoms with Crippen LogP contribution in [0, 0.1) is 0 Å². The fourth-order valence-electron chi connectivity index (χ4n) is 1.85. The second-order valence-electron chi connectivity index (χ2n) is 3.98. The van der Waals surface area contributed by atoms with Crippen molar-refractivity contribution in [1.82, 2.24) is 20.3 Å². The van der Waals surface area contributed by atoms with Crippen molar-refractivity contribution in [2.24, 2.45) is 0 Å². The Bertz CT molecular complexity index is 542. The molecule has 6 nitrogen and oxygen atoms in total. The van der Waals surface area contributed by atoms with Gasteiger partial charge in [-0.3, -0.25) is 4.79 Å². The van der Waals surface area contributed by atoms with E-state index in [9.17, 15) is 4.79 Å². The van der Waals surface area contributed by atoms with Gasteiger partial charge in [0.1, 0.15) is 5.52 Å². The number of aliphatic hydroxyl groups excluding tert-OH is 1. The van der Waals surface area contributed by atoms with E-state index in [1.54, 1.807) is 6.20 Å². The predicted octanol–water partition coefficient (Wildman–Crippen LogP) is -0.236. The van der Waals surface area contributed by atoms with Crippen LogP contribution in [0.3, 0.4) is 0 Å². The molecule has 0 spiro atoms. The summed E-state index contributed by atoms with van der Waals surface area (Å²) in [6.45, 7) is 0.104. The molecule has 0 bridgehead atoms. The van der Waals surface area contributed by atoms with Gasteiger partial charge in [-0.25, -0.2) is 4.98 Å². The molecule has 6 heteroatoms. The average Bonchev–Trinajstić information content (AvgIpc) is 2.75. The molecule has 0 aliphatic heterocycles. The first-order valence-corrected chi connectivity index (χ1v) is 5.58. The number of likely N-dealkylation sites (N-methyl/N-ethyl adjacent to an activating group) is 1. The first-order valence-electron chi connectivity index (χ1n) is 5.58. The van der Waals surface area contributed by atoms with Gasteiger partial charge in [0.25, 0.3) is 5.56 Å². The van der Waals surface area contributed by atoms with Gasteiger partial charge in [0.15, 0.2) is 0 Å². The highest BCUT2D eigenvalue weighted by atomic mass is 16.3. The summed E-state index contributed by atoms with van der Waals surface area (Å²) >= 11 is 0. The summed E-state index contributed by atoms with van der Waals surface area (Å²) < 4.78 is 0. The lowest BCUT2D eigenvalue weighted by atomic mass is 10.1. The molecular formula is C11H16N4O2. The maximum atomic E-state index is 11.5. The molecule has 0 aliphatic rings. The molecule has 92 valence electrons. The SMILES string of the molecule is CN[C@H](CO)CCc1c[nH]c2c(=O)[nH]cnc12. The average molecular weight is 236 g/mol. The zero-order valence-corrected chi connectivity index (χ0v) is 9.66. The Morgan fingerprint density at radius 3 is 3.06 bits per heavy atom. The van der Waals surface area contributed by atoms with Crippen LogP contribution < -0.4 is 10.9 Å². The highest BCUT2D eigenvalue weighted by molar-refractivity contribution is 5.77. The van der Waals surface area contributed by atoms with Crippen molar-refractivity contribution in [2.45, 2.75) is 18.9 Å². The summed E-state index contributed by atoms with van der Waals surface area (Å²) in [6, 6.07) is 0.0712. The molecule has 2 heterocycles. The molecule has 2 rings (SSSR count). The Kier molecular flexibility index (Phi) is 3.55. The minimum atomic E-state index is -0.159. The topological polar surface area (TPSA) is 93.8 Å². The smallest absolute Gasteiger partial charge is 0.275 e. The summed E-state index contributed by atoms with van der Waals surface area (Å²) in [4.78, 5) is 21.1. The summed E-state index contributed by atoms with van der Waals surface area (Å²) in [5.74, 6) is 0. The standard InChI is InChI=1S/C11H16N4O2/c1-12-8(5-16)3-2-7-4-13-10-9(7)14-6-15-11(10)17/h4,6,8,12-13,16H,2-3,5H2,1H3,(H,14,15,17)/t8-/m0/s1. The van der Waals surface area contributed by atoms with Gasteiger partial charge in [-0.1, -0.05) is 0 Å². The summed E-state index contributed by atoms with van der Waals surface area (Å²) in [7, 11) is 1.82. The second kappa shape index (κ2) is 5.11. The number of fused-ring (bicyclic) bond motifs is 1. The quantitative estimate of drug-likeness (QED) is 0.576. The Hall–Kier alpha value is -1.66. The third-order valence-corrected chi connectivity index (χ3v) is 2.94. The van der Waals surface area contributed by atoms with Crippen molar-refractivity contribution < 1.29 is 5.11 Å². The fourth-order valence-corrected chi connectivity index (χ4v) is 1.85. The van der Waals surface area contributed by atoms with Gasteiger partial charge in [0.2, 0.25) is 0 Å². The maximum Gasteiger partial charge on any atom is 0.275 e. The summed E-state index contributed by atoms with van der Waals surface area (Å²) in [5, 5.41) is 12.1. The molecule has 0 amide bonds. The van der Waals surface area contributed by atoms with E-state index in [2.05, 4.69) is 20.3 Å². The molecule has 2 aromatic rings. The number of aromatic amines is 2. The van der Waals surface area contributed by atoms with E-state index in [1.165, 1.54) is 6.33 Å². The van der Waals surface area contributed by atoms with E-state index in [4.69, 9.17) is 5.11 Å². The van der Waals surface area contributed by atoms with Crippen LogP contribution in [0.2, 0.25) is 0 Å². The number of nitrogens with one attached hydrogen (secondary N) is 3. The number of aromatic nitrogens is 3. The van der Waals surface area contributed by atoms with E-state index in [0.29, 0.717) is 11.0 Å². The highest BCUT2D eigenvalue weighted by Gasteiger charge is 2.10. The lowest BCUT2D eigenvalue weighted by molar-refractivity contribution is 0.242. The molecule has 1 atom stereocenters. The van der Waals surface area contributed by atoms with E-state index >= 15 is 0 Å². The van der Waals surface area contributed by atoms with Crippen LogP contribution in [0.25, 0.3) is 11.0 Å². The molecular weight excluding hydrogens is 220 g/mol. The highest BCUT2D eigenvalue weighted by Crippen LogP contribution is 2.14. The van der Waals surface area contributed by atoms with Gasteiger partial charge in [-0.2, -0.15) is 0 Å². The fraction of sp³-hybridized carbons (Fsp3) is 0.455. The van der Waals surface area contributed by atoms with Crippen LogP contribution in [-0.2, 0) is 6.42 Å².